The minimum Gasteiger partial charge on any atom is -0.497 e. The average molecular weight is 433 g/mol. The molecular formula is C26H28N2O4. The molecule has 32 heavy (non-hydrogen) atoms. The first-order valence-electron chi connectivity index (χ1n) is 10.6. The number of rotatable bonds is 5. The van der Waals surface area contributed by atoms with Crippen LogP contribution in [0.4, 0.5) is 10.5 Å². The summed E-state index contributed by atoms with van der Waals surface area (Å²) >= 11 is 0. The summed E-state index contributed by atoms with van der Waals surface area (Å²) in [7, 11) is 4.89. The number of urea groups is 1. The summed E-state index contributed by atoms with van der Waals surface area (Å²) < 4.78 is 16.3. The minimum atomic E-state index is -0.238. The topological polar surface area (TPSA) is 60.0 Å². The van der Waals surface area contributed by atoms with Crippen molar-refractivity contribution in [3.8, 4) is 17.2 Å². The molecular weight excluding hydrogens is 404 g/mol. The number of aryl methyl sites for hydroxylation is 1. The van der Waals surface area contributed by atoms with Crippen molar-refractivity contribution in [3.05, 3.63) is 82.9 Å². The summed E-state index contributed by atoms with van der Waals surface area (Å²) in [6, 6.07) is 19.3. The van der Waals surface area contributed by atoms with E-state index < -0.39 is 0 Å². The first-order chi connectivity index (χ1) is 15.5. The number of anilines is 1. The molecule has 6 nitrogen and oxygen atoms in total. The minimum absolute atomic E-state index is 0.146. The van der Waals surface area contributed by atoms with Gasteiger partial charge in [-0.15, -0.1) is 0 Å². The van der Waals surface area contributed by atoms with Crippen LogP contribution in [0.5, 0.6) is 17.2 Å². The zero-order valence-electron chi connectivity index (χ0n) is 18.8. The Hall–Kier alpha value is -3.67. The number of ether oxygens (including phenoxy) is 3. The largest absolute Gasteiger partial charge is 0.497 e. The number of hydrogen-bond acceptors (Lipinski definition) is 4. The van der Waals surface area contributed by atoms with Gasteiger partial charge in [0, 0.05) is 12.2 Å². The molecule has 0 aliphatic carbocycles. The van der Waals surface area contributed by atoms with Crippen LogP contribution in [-0.4, -0.2) is 38.8 Å². The van der Waals surface area contributed by atoms with Crippen molar-refractivity contribution in [3.63, 3.8) is 0 Å². The lowest BCUT2D eigenvalue weighted by Crippen LogP contribution is -2.43. The fraction of sp³-hybridized carbons (Fsp3) is 0.269. The van der Waals surface area contributed by atoms with E-state index in [0.29, 0.717) is 18.0 Å². The van der Waals surface area contributed by atoms with Gasteiger partial charge >= 0.3 is 6.03 Å². The van der Waals surface area contributed by atoms with E-state index in [1.807, 2.05) is 60.4 Å². The van der Waals surface area contributed by atoms with E-state index in [9.17, 15) is 4.79 Å². The Kier molecular flexibility index (Phi) is 6.21. The van der Waals surface area contributed by atoms with Crippen LogP contribution in [0.3, 0.4) is 0 Å². The molecule has 2 amide bonds. The summed E-state index contributed by atoms with van der Waals surface area (Å²) in [4.78, 5) is 15.4. The van der Waals surface area contributed by atoms with E-state index in [1.165, 1.54) is 0 Å². The van der Waals surface area contributed by atoms with Gasteiger partial charge in [-0.1, -0.05) is 30.3 Å². The van der Waals surface area contributed by atoms with Crippen LogP contribution >= 0.6 is 0 Å². The van der Waals surface area contributed by atoms with E-state index in [4.69, 9.17) is 14.2 Å². The molecule has 0 saturated heterocycles. The molecule has 1 aliphatic rings. The number of nitrogens with one attached hydrogen (secondary N) is 1. The van der Waals surface area contributed by atoms with E-state index in [1.54, 1.807) is 21.3 Å². The molecule has 0 aromatic heterocycles. The van der Waals surface area contributed by atoms with Crippen molar-refractivity contribution in [1.82, 2.24) is 4.90 Å². The van der Waals surface area contributed by atoms with Crippen molar-refractivity contribution in [2.75, 3.05) is 33.2 Å². The van der Waals surface area contributed by atoms with Gasteiger partial charge in [-0.25, -0.2) is 4.79 Å². The maximum atomic E-state index is 13.5. The van der Waals surface area contributed by atoms with E-state index >= 15 is 0 Å². The number of fused-ring (bicyclic) bond motifs is 1. The molecule has 0 unspecified atom stereocenters. The lowest BCUT2D eigenvalue weighted by molar-refractivity contribution is 0.193. The van der Waals surface area contributed by atoms with Gasteiger partial charge in [-0.05, 0) is 65.9 Å². The van der Waals surface area contributed by atoms with E-state index in [0.717, 1.165) is 40.1 Å². The van der Waals surface area contributed by atoms with Gasteiger partial charge in [0.15, 0.2) is 11.5 Å². The van der Waals surface area contributed by atoms with Gasteiger partial charge in [0.25, 0.3) is 0 Å². The first kappa shape index (κ1) is 21.6. The molecule has 3 aromatic carbocycles. The lowest BCUT2D eigenvalue weighted by atomic mass is 9.88. The monoisotopic (exact) mass is 432 g/mol. The Morgan fingerprint density at radius 2 is 1.66 bits per heavy atom. The summed E-state index contributed by atoms with van der Waals surface area (Å²) in [6.07, 6.45) is 0.730. The maximum absolute atomic E-state index is 13.5. The second-order valence-electron chi connectivity index (χ2n) is 7.77. The smallest absolute Gasteiger partial charge is 0.322 e. The van der Waals surface area contributed by atoms with Crippen molar-refractivity contribution in [1.29, 1.82) is 0 Å². The highest BCUT2D eigenvalue weighted by atomic mass is 16.5. The van der Waals surface area contributed by atoms with Gasteiger partial charge < -0.3 is 24.4 Å². The van der Waals surface area contributed by atoms with Crippen LogP contribution in [0.1, 0.15) is 28.3 Å². The maximum Gasteiger partial charge on any atom is 0.322 e. The van der Waals surface area contributed by atoms with Gasteiger partial charge in [-0.2, -0.15) is 0 Å². The molecule has 3 aromatic rings. The van der Waals surface area contributed by atoms with Crippen LogP contribution in [0.25, 0.3) is 0 Å². The van der Waals surface area contributed by atoms with Gasteiger partial charge in [0.1, 0.15) is 5.75 Å². The molecule has 0 bridgehead atoms. The normalized spacial score (nSPS) is 15.0. The molecule has 1 N–H and O–H groups in total. The zero-order chi connectivity index (χ0) is 22.7. The molecule has 1 aliphatic heterocycles. The Morgan fingerprint density at radius 1 is 0.938 bits per heavy atom. The van der Waals surface area contributed by atoms with Crippen LogP contribution in [0.2, 0.25) is 0 Å². The number of nitrogens with zero attached hydrogens (tertiary/aromatic N) is 1. The third-order valence-corrected chi connectivity index (χ3v) is 5.93. The Labute approximate surface area is 188 Å². The number of benzene rings is 3. The van der Waals surface area contributed by atoms with Crippen molar-refractivity contribution < 1.29 is 19.0 Å². The molecule has 0 spiro atoms. The number of hydrogen-bond donors (Lipinski definition) is 1. The second-order valence-corrected chi connectivity index (χ2v) is 7.77. The highest BCUT2D eigenvalue weighted by Crippen LogP contribution is 2.41. The number of methoxy groups -OCH3 is 3. The van der Waals surface area contributed by atoms with Gasteiger partial charge in [0.2, 0.25) is 0 Å². The van der Waals surface area contributed by atoms with Crippen LogP contribution in [0.15, 0.2) is 60.7 Å². The van der Waals surface area contributed by atoms with Crippen molar-refractivity contribution in [2.24, 2.45) is 0 Å². The predicted molar refractivity (Wildman–Crippen MR) is 125 cm³/mol. The fourth-order valence-electron chi connectivity index (χ4n) is 4.25. The highest BCUT2D eigenvalue weighted by Gasteiger charge is 2.33. The summed E-state index contributed by atoms with van der Waals surface area (Å²) in [5.74, 6) is 2.11. The molecule has 1 heterocycles. The molecule has 4 rings (SSSR count). The summed E-state index contributed by atoms with van der Waals surface area (Å²) in [5, 5.41) is 3.09. The second kappa shape index (κ2) is 9.22. The fourth-order valence-corrected chi connectivity index (χ4v) is 4.25. The molecule has 0 fully saturated rings. The summed E-state index contributed by atoms with van der Waals surface area (Å²) in [5.41, 5.74) is 4.95. The quantitative estimate of drug-likeness (QED) is 0.602. The Balaban J connectivity index is 1.73. The predicted octanol–water partition coefficient (Wildman–Crippen LogP) is 5.20. The molecule has 166 valence electrons. The third kappa shape index (κ3) is 4.08. The first-order valence-corrected chi connectivity index (χ1v) is 10.6. The van der Waals surface area contributed by atoms with Crippen molar-refractivity contribution in [2.45, 2.75) is 19.4 Å². The van der Waals surface area contributed by atoms with Gasteiger partial charge in [0.05, 0.1) is 27.4 Å². The number of carbonyl (C=O) groups excluding carboxylic acids is 1. The highest BCUT2D eigenvalue weighted by molar-refractivity contribution is 5.91. The van der Waals surface area contributed by atoms with Gasteiger partial charge in [-0.3, -0.25) is 0 Å². The SMILES string of the molecule is COc1ccc(NC(=O)N2CCc3cc(OC)c(OC)cc3[C@@H]2c2ccccc2)c(C)c1. The third-order valence-electron chi connectivity index (χ3n) is 5.93. The van der Waals surface area contributed by atoms with Crippen LogP contribution in [0, 0.1) is 6.92 Å². The molecule has 0 saturated carbocycles. The average Bonchev–Trinajstić information content (AvgIpc) is 2.83. The summed E-state index contributed by atoms with van der Waals surface area (Å²) in [6.45, 7) is 2.54. The molecule has 0 radical (unpaired) electrons. The van der Waals surface area contributed by atoms with Crippen LogP contribution in [-0.2, 0) is 6.42 Å². The number of carbonyl (C=O) groups is 1. The Bertz CT molecular complexity index is 1110. The van der Waals surface area contributed by atoms with Crippen LogP contribution < -0.4 is 19.5 Å². The molecule has 1 atom stereocenters. The van der Waals surface area contributed by atoms with Crippen molar-refractivity contribution >= 4 is 11.7 Å². The van der Waals surface area contributed by atoms with E-state index in [-0.39, 0.29) is 12.1 Å². The number of amides is 2. The Morgan fingerprint density at radius 3 is 2.31 bits per heavy atom. The molecule has 6 heteroatoms. The lowest BCUT2D eigenvalue weighted by Gasteiger charge is -2.38. The standard InChI is InChI=1S/C26H28N2O4/c1-17-14-20(30-2)10-11-22(17)27-26(29)28-13-12-19-15-23(31-3)24(32-4)16-21(19)25(28)18-8-6-5-7-9-18/h5-11,14-16,25H,12-13H2,1-4H3,(H,27,29)/t25-/m0/s1. The van der Waals surface area contributed by atoms with E-state index in [2.05, 4.69) is 17.4 Å². The zero-order valence-corrected chi connectivity index (χ0v) is 18.8.